The Labute approximate surface area is 276 Å². The Kier molecular flexibility index (Phi) is 3.15. The number of para-hydroxylation sites is 3. The molecule has 0 atom stereocenters. The summed E-state index contributed by atoms with van der Waals surface area (Å²) in [5.41, 5.74) is 2.73. The first-order valence-electron chi connectivity index (χ1n) is 21.4. The molecular formula is C42H28N2. The van der Waals surface area contributed by atoms with Gasteiger partial charge >= 0.3 is 0 Å². The average molecular weight is 576 g/mol. The molecule has 0 saturated carbocycles. The first kappa shape index (κ1) is 14.1. The van der Waals surface area contributed by atoms with E-state index in [0.717, 1.165) is 17.0 Å². The van der Waals surface area contributed by atoms with Crippen molar-refractivity contribution in [3.8, 4) is 33.6 Å². The van der Waals surface area contributed by atoms with Crippen LogP contribution in [-0.4, -0.2) is 9.13 Å². The van der Waals surface area contributed by atoms with Gasteiger partial charge in [-0.3, -0.25) is 0 Å². The van der Waals surface area contributed by atoms with Crippen LogP contribution in [0.2, 0.25) is 0 Å². The number of hydrogen-bond acceptors (Lipinski definition) is 0. The zero-order valence-corrected chi connectivity index (χ0v) is 22.9. The highest BCUT2D eigenvalue weighted by molar-refractivity contribution is 6.12. The highest BCUT2D eigenvalue weighted by Crippen LogP contribution is 2.37. The molecular weight excluding hydrogens is 532 g/mol. The minimum absolute atomic E-state index is 0.00716. The molecule has 206 valence electrons. The Hall–Kier alpha value is -5.86. The summed E-state index contributed by atoms with van der Waals surface area (Å²) in [6.07, 6.45) is 0. The molecule has 0 spiro atoms. The standard InChI is InChI=1S/C42H28N2/c1-2-12-29(13-3-1)30-14-10-15-31(26-30)32-16-11-17-33(27-32)43-41-23-9-6-20-37(41)38-28-34(24-25-42(38)43)44-39-21-7-4-18-35(39)36-19-5-8-22-40(36)44/h1-28H/i2D,3D,4D,5D,7D,8D,12D,13D,14D,15D,18D,19D,21D,22D,26D. The smallest absolute Gasteiger partial charge is 0.0645 e. The first-order chi connectivity index (χ1) is 28.0. The zero-order chi connectivity index (χ0) is 42.1. The third-order valence-electron chi connectivity index (χ3n) is 7.81. The molecule has 2 nitrogen and oxygen atoms in total. The van der Waals surface area contributed by atoms with Crippen molar-refractivity contribution in [3.05, 3.63) is 169 Å². The van der Waals surface area contributed by atoms with E-state index < -0.39 is 60.4 Å². The number of nitrogens with zero attached hydrogens (tertiary/aromatic N) is 2. The van der Waals surface area contributed by atoms with Gasteiger partial charge in [-0.15, -0.1) is 0 Å². The van der Waals surface area contributed by atoms with E-state index in [0.29, 0.717) is 27.8 Å². The maximum atomic E-state index is 9.23. The first-order valence-corrected chi connectivity index (χ1v) is 13.9. The van der Waals surface area contributed by atoms with Crippen molar-refractivity contribution in [3.63, 3.8) is 0 Å². The van der Waals surface area contributed by atoms with Gasteiger partial charge in [-0.2, -0.15) is 0 Å². The SMILES string of the molecule is [2H]c1cc([2H])c([2H])c(-c2c([2H])cc([2H])c(-c3cccc(-n4c5ccccc5c5cc(-n6c7c([2H])c([2H])c([2H])c([2H])c7c7c([2H])c([2H])c([2H])c([2H])c76)ccc54)c3)c2[2H])c1[2H]. The lowest BCUT2D eigenvalue weighted by Crippen LogP contribution is -1.96. The molecule has 0 radical (unpaired) electrons. The van der Waals surface area contributed by atoms with Gasteiger partial charge in [0.05, 0.1) is 42.6 Å². The molecule has 0 bridgehead atoms. The van der Waals surface area contributed by atoms with Gasteiger partial charge in [0.2, 0.25) is 0 Å². The van der Waals surface area contributed by atoms with Gasteiger partial charge in [0, 0.05) is 32.9 Å². The molecule has 7 aromatic carbocycles. The summed E-state index contributed by atoms with van der Waals surface area (Å²) in [6, 6.07) is 16.4. The highest BCUT2D eigenvalue weighted by Gasteiger charge is 2.16. The molecule has 0 aliphatic carbocycles. The number of hydrogen-bond donors (Lipinski definition) is 0. The second kappa shape index (κ2) is 9.86. The quantitative estimate of drug-likeness (QED) is 0.197. The maximum absolute atomic E-state index is 9.23. The van der Waals surface area contributed by atoms with Gasteiger partial charge in [0.25, 0.3) is 0 Å². The van der Waals surface area contributed by atoms with E-state index in [1.807, 2.05) is 41.0 Å². The third-order valence-corrected chi connectivity index (χ3v) is 7.81. The van der Waals surface area contributed by atoms with Crippen molar-refractivity contribution < 1.29 is 20.6 Å². The van der Waals surface area contributed by atoms with Crippen LogP contribution in [0.15, 0.2) is 169 Å². The van der Waals surface area contributed by atoms with Crippen LogP contribution in [0, 0.1) is 0 Å². The molecule has 0 N–H and O–H groups in total. The van der Waals surface area contributed by atoms with Crippen molar-refractivity contribution in [2.75, 3.05) is 0 Å². The number of fused-ring (bicyclic) bond motifs is 6. The fraction of sp³-hybridized carbons (Fsp3) is 0. The Bertz CT molecular complexity index is 3240. The molecule has 9 rings (SSSR count). The van der Waals surface area contributed by atoms with Gasteiger partial charge in [-0.05, 0) is 76.8 Å². The molecule has 0 fully saturated rings. The topological polar surface area (TPSA) is 9.86 Å². The molecule has 0 amide bonds. The summed E-state index contributed by atoms with van der Waals surface area (Å²) in [5, 5.41) is 1.45. The predicted octanol–water partition coefficient (Wildman–Crippen LogP) is 11.2. The fourth-order valence-electron chi connectivity index (χ4n) is 5.93. The lowest BCUT2D eigenvalue weighted by molar-refractivity contribution is 1.17. The summed E-state index contributed by atoms with van der Waals surface area (Å²) in [6.45, 7) is 0. The lowest BCUT2D eigenvalue weighted by atomic mass is 9.99. The number of rotatable bonds is 4. The van der Waals surface area contributed by atoms with Crippen molar-refractivity contribution in [2.45, 2.75) is 0 Å². The van der Waals surface area contributed by atoms with Gasteiger partial charge in [-0.25, -0.2) is 0 Å². The predicted molar refractivity (Wildman–Crippen MR) is 186 cm³/mol. The lowest BCUT2D eigenvalue weighted by Gasteiger charge is -2.12. The molecule has 0 aliphatic heterocycles. The molecule has 2 heteroatoms. The molecule has 9 aromatic rings. The highest BCUT2D eigenvalue weighted by atomic mass is 15.0. The molecule has 0 aliphatic rings. The number of aromatic nitrogens is 2. The van der Waals surface area contributed by atoms with Crippen LogP contribution in [0.4, 0.5) is 0 Å². The Morgan fingerprint density at radius 2 is 1.02 bits per heavy atom. The zero-order valence-electron chi connectivity index (χ0n) is 37.9. The van der Waals surface area contributed by atoms with E-state index in [-0.39, 0.29) is 68.7 Å². The van der Waals surface area contributed by atoms with Crippen LogP contribution in [-0.2, 0) is 0 Å². The van der Waals surface area contributed by atoms with Crippen LogP contribution in [0.1, 0.15) is 20.6 Å². The summed E-state index contributed by atoms with van der Waals surface area (Å²) >= 11 is 0. The normalized spacial score (nSPS) is 16.4. The van der Waals surface area contributed by atoms with Gasteiger partial charge in [0.15, 0.2) is 0 Å². The van der Waals surface area contributed by atoms with E-state index in [4.69, 9.17) is 19.2 Å². The minimum atomic E-state index is -0.525. The summed E-state index contributed by atoms with van der Waals surface area (Å²) in [4.78, 5) is 0. The Balaban J connectivity index is 1.30. The fourth-order valence-corrected chi connectivity index (χ4v) is 5.93. The van der Waals surface area contributed by atoms with Gasteiger partial charge < -0.3 is 9.13 Å². The van der Waals surface area contributed by atoms with Crippen molar-refractivity contribution in [1.82, 2.24) is 9.13 Å². The molecule has 0 saturated heterocycles. The largest absolute Gasteiger partial charge is 0.309 e. The summed E-state index contributed by atoms with van der Waals surface area (Å²) in [5.74, 6) is 0. The monoisotopic (exact) mass is 575 g/mol. The third kappa shape index (κ3) is 3.82. The van der Waals surface area contributed by atoms with Crippen LogP contribution in [0.25, 0.3) is 77.2 Å². The van der Waals surface area contributed by atoms with Crippen LogP contribution in [0.5, 0.6) is 0 Å². The van der Waals surface area contributed by atoms with Gasteiger partial charge in [-0.1, -0.05) is 115 Å². The summed E-state index contributed by atoms with van der Waals surface area (Å²) < 4.78 is 133. The van der Waals surface area contributed by atoms with E-state index in [9.17, 15) is 1.37 Å². The van der Waals surface area contributed by atoms with E-state index in [1.165, 1.54) is 10.6 Å². The second-order valence-electron chi connectivity index (χ2n) is 10.3. The van der Waals surface area contributed by atoms with Crippen LogP contribution < -0.4 is 0 Å². The molecule has 2 aromatic heterocycles. The molecule has 44 heavy (non-hydrogen) atoms. The Morgan fingerprint density at radius 3 is 1.82 bits per heavy atom. The minimum Gasteiger partial charge on any atom is -0.309 e. The van der Waals surface area contributed by atoms with Crippen molar-refractivity contribution >= 4 is 43.6 Å². The van der Waals surface area contributed by atoms with E-state index >= 15 is 0 Å². The maximum Gasteiger partial charge on any atom is 0.0645 e. The van der Waals surface area contributed by atoms with E-state index in [2.05, 4.69) is 0 Å². The van der Waals surface area contributed by atoms with Crippen molar-refractivity contribution in [1.29, 1.82) is 0 Å². The second-order valence-corrected chi connectivity index (χ2v) is 10.3. The summed E-state index contributed by atoms with van der Waals surface area (Å²) in [7, 11) is 0. The van der Waals surface area contributed by atoms with Crippen molar-refractivity contribution in [2.24, 2.45) is 0 Å². The number of benzene rings is 7. The molecule has 0 unspecified atom stereocenters. The van der Waals surface area contributed by atoms with Crippen LogP contribution >= 0.6 is 0 Å². The Morgan fingerprint density at radius 1 is 0.364 bits per heavy atom. The van der Waals surface area contributed by atoms with Crippen LogP contribution in [0.3, 0.4) is 0 Å². The average Bonchev–Trinajstić information content (AvgIpc) is 3.75. The molecule has 2 heterocycles. The van der Waals surface area contributed by atoms with E-state index in [1.54, 1.807) is 30.3 Å². The van der Waals surface area contributed by atoms with Gasteiger partial charge in [0.1, 0.15) is 0 Å².